The Kier molecular flexibility index (Phi) is 7.80. The Morgan fingerprint density at radius 3 is 2.45 bits per heavy atom. The van der Waals surface area contributed by atoms with Gasteiger partial charge in [-0.2, -0.15) is 11.8 Å². The van der Waals surface area contributed by atoms with Crippen LogP contribution in [-0.4, -0.2) is 40.7 Å². The molecule has 0 radical (unpaired) electrons. The highest BCUT2D eigenvalue weighted by molar-refractivity contribution is 7.99. The van der Waals surface area contributed by atoms with Gasteiger partial charge in [0, 0.05) is 11.8 Å². The first-order chi connectivity index (χ1) is 9.54. The minimum Gasteiger partial charge on any atom is -0.480 e. The zero-order valence-corrected chi connectivity index (χ0v) is 13.2. The summed E-state index contributed by atoms with van der Waals surface area (Å²) >= 11 is 1.75. The Hall–Kier alpha value is -0.910. The third-order valence-corrected chi connectivity index (χ3v) is 4.77. The van der Waals surface area contributed by atoms with E-state index < -0.39 is 12.0 Å². The Morgan fingerprint density at radius 2 is 1.90 bits per heavy atom. The molecule has 0 aliphatic heterocycles. The van der Waals surface area contributed by atoms with Crippen LogP contribution in [0.15, 0.2) is 0 Å². The number of carbonyl (C=O) groups excluding carboxylic acids is 1. The van der Waals surface area contributed by atoms with Crippen LogP contribution in [0.5, 0.6) is 0 Å². The molecule has 6 heteroatoms. The van der Waals surface area contributed by atoms with Crippen LogP contribution in [0, 0.1) is 5.92 Å². The fourth-order valence-electron chi connectivity index (χ4n) is 2.59. The number of thioether (sulfide) groups is 1. The fraction of sp³-hybridized carbons (Fsp3) is 0.857. The monoisotopic (exact) mass is 302 g/mol. The van der Waals surface area contributed by atoms with Crippen molar-refractivity contribution >= 4 is 23.8 Å². The quantitative estimate of drug-likeness (QED) is 0.675. The highest BCUT2D eigenvalue weighted by Gasteiger charge is 2.30. The molecule has 3 N–H and O–H groups in total. The lowest BCUT2D eigenvalue weighted by Gasteiger charge is -2.28. The van der Waals surface area contributed by atoms with E-state index >= 15 is 0 Å². The number of nitrogens with one attached hydrogen (secondary N) is 2. The van der Waals surface area contributed by atoms with Gasteiger partial charge in [-0.25, -0.2) is 9.59 Å². The highest BCUT2D eigenvalue weighted by Crippen LogP contribution is 2.26. The number of rotatable bonds is 7. The molecule has 0 heterocycles. The van der Waals surface area contributed by atoms with Gasteiger partial charge in [-0.05, 0) is 31.4 Å². The van der Waals surface area contributed by atoms with Gasteiger partial charge in [-0.15, -0.1) is 0 Å². The molecule has 116 valence electrons. The molecular weight excluding hydrogens is 276 g/mol. The molecule has 0 saturated heterocycles. The summed E-state index contributed by atoms with van der Waals surface area (Å²) in [5, 5.41) is 14.7. The van der Waals surface area contributed by atoms with Crippen LogP contribution in [0.4, 0.5) is 4.79 Å². The van der Waals surface area contributed by atoms with E-state index in [9.17, 15) is 14.7 Å². The number of hydrogen-bond acceptors (Lipinski definition) is 3. The second-order valence-electron chi connectivity index (χ2n) is 5.39. The molecule has 2 atom stereocenters. The van der Waals surface area contributed by atoms with Crippen LogP contribution in [-0.2, 0) is 4.79 Å². The zero-order valence-electron chi connectivity index (χ0n) is 12.4. The smallest absolute Gasteiger partial charge is 0.326 e. The standard InChI is InChI=1S/C14H26N2O3S/c1-3-20-9-10(2)15-14(19)16-12(13(17)18)11-7-5-4-6-8-11/h10-12H,3-9H2,1-2H3,(H,17,18)(H2,15,16,19). The molecule has 20 heavy (non-hydrogen) atoms. The predicted octanol–water partition coefficient (Wildman–Crippen LogP) is 2.46. The maximum atomic E-state index is 11.9. The second-order valence-corrected chi connectivity index (χ2v) is 6.71. The molecule has 0 spiro atoms. The zero-order chi connectivity index (χ0) is 15.0. The van der Waals surface area contributed by atoms with Crippen LogP contribution < -0.4 is 10.6 Å². The minimum atomic E-state index is -0.928. The van der Waals surface area contributed by atoms with Crippen molar-refractivity contribution in [3.63, 3.8) is 0 Å². The highest BCUT2D eigenvalue weighted by atomic mass is 32.2. The van der Waals surface area contributed by atoms with Crippen LogP contribution in [0.1, 0.15) is 46.0 Å². The van der Waals surface area contributed by atoms with Crippen molar-refractivity contribution in [2.24, 2.45) is 5.92 Å². The lowest BCUT2D eigenvalue weighted by Crippen LogP contribution is -2.52. The van der Waals surface area contributed by atoms with Crippen LogP contribution >= 0.6 is 11.8 Å². The lowest BCUT2D eigenvalue weighted by atomic mass is 9.84. The normalized spacial score (nSPS) is 19.1. The van der Waals surface area contributed by atoms with E-state index in [0.717, 1.165) is 37.2 Å². The summed E-state index contributed by atoms with van der Waals surface area (Å²) in [6.45, 7) is 4.00. The maximum absolute atomic E-state index is 11.9. The van der Waals surface area contributed by atoms with Crippen molar-refractivity contribution < 1.29 is 14.7 Å². The van der Waals surface area contributed by atoms with Crippen LogP contribution in [0.2, 0.25) is 0 Å². The summed E-state index contributed by atoms with van der Waals surface area (Å²) in [4.78, 5) is 23.2. The molecule has 1 saturated carbocycles. The molecule has 1 fully saturated rings. The van der Waals surface area contributed by atoms with Gasteiger partial charge in [-0.3, -0.25) is 0 Å². The first-order valence-electron chi connectivity index (χ1n) is 7.42. The largest absolute Gasteiger partial charge is 0.480 e. The average molecular weight is 302 g/mol. The number of amides is 2. The first kappa shape index (κ1) is 17.1. The number of aliphatic carboxylic acids is 1. The summed E-state index contributed by atoms with van der Waals surface area (Å²) in [5.41, 5.74) is 0. The number of carboxylic acids is 1. The number of urea groups is 1. The molecule has 0 aromatic heterocycles. The summed E-state index contributed by atoms with van der Waals surface area (Å²) in [7, 11) is 0. The van der Waals surface area contributed by atoms with E-state index in [1.54, 1.807) is 11.8 Å². The Labute approximate surface area is 125 Å². The van der Waals surface area contributed by atoms with Gasteiger partial charge in [0.25, 0.3) is 0 Å². The molecule has 2 amide bonds. The van der Waals surface area contributed by atoms with E-state index in [1.807, 2.05) is 6.92 Å². The van der Waals surface area contributed by atoms with Crippen molar-refractivity contribution in [2.75, 3.05) is 11.5 Å². The minimum absolute atomic E-state index is 0.0424. The SMILES string of the molecule is CCSCC(C)NC(=O)NC(C(=O)O)C1CCCCC1. The molecular formula is C14H26N2O3S. The van der Waals surface area contributed by atoms with Gasteiger partial charge in [0.15, 0.2) is 0 Å². The third kappa shape index (κ3) is 6.03. The Morgan fingerprint density at radius 1 is 1.25 bits per heavy atom. The molecule has 0 aromatic rings. The van der Waals surface area contributed by atoms with Crippen molar-refractivity contribution in [3.05, 3.63) is 0 Å². The van der Waals surface area contributed by atoms with Gasteiger partial charge in [0.05, 0.1) is 0 Å². The van der Waals surface area contributed by atoms with E-state index in [2.05, 4.69) is 17.6 Å². The van der Waals surface area contributed by atoms with Gasteiger partial charge in [-0.1, -0.05) is 26.2 Å². The molecule has 0 aromatic carbocycles. The number of carboxylic acid groups (broad SMARTS) is 1. The van der Waals surface area contributed by atoms with E-state index in [0.29, 0.717) is 0 Å². The predicted molar refractivity (Wildman–Crippen MR) is 82.1 cm³/mol. The average Bonchev–Trinajstić information content (AvgIpc) is 2.43. The molecule has 5 nitrogen and oxygen atoms in total. The molecule has 1 aliphatic rings. The molecule has 0 bridgehead atoms. The summed E-state index contributed by atoms with van der Waals surface area (Å²) in [5.74, 6) is 0.980. The summed E-state index contributed by atoms with van der Waals surface area (Å²) in [6.07, 6.45) is 5.06. The van der Waals surface area contributed by atoms with Gasteiger partial charge in [0.1, 0.15) is 6.04 Å². The van der Waals surface area contributed by atoms with E-state index in [1.165, 1.54) is 6.42 Å². The number of hydrogen-bond donors (Lipinski definition) is 3. The van der Waals surface area contributed by atoms with Gasteiger partial charge >= 0.3 is 12.0 Å². The lowest BCUT2D eigenvalue weighted by molar-refractivity contribution is -0.141. The first-order valence-corrected chi connectivity index (χ1v) is 8.57. The fourth-order valence-corrected chi connectivity index (χ4v) is 3.26. The summed E-state index contributed by atoms with van der Waals surface area (Å²) in [6, 6.07) is -1.09. The van der Waals surface area contributed by atoms with Crippen molar-refractivity contribution in [3.8, 4) is 0 Å². The topological polar surface area (TPSA) is 78.4 Å². The van der Waals surface area contributed by atoms with Crippen molar-refractivity contribution in [2.45, 2.75) is 58.0 Å². The second kappa shape index (κ2) is 9.10. The van der Waals surface area contributed by atoms with Crippen molar-refractivity contribution in [1.29, 1.82) is 0 Å². The van der Waals surface area contributed by atoms with Crippen LogP contribution in [0.25, 0.3) is 0 Å². The Balaban J connectivity index is 2.44. The number of carbonyl (C=O) groups is 2. The maximum Gasteiger partial charge on any atom is 0.326 e. The van der Waals surface area contributed by atoms with E-state index in [4.69, 9.17) is 0 Å². The Bertz CT molecular complexity index is 320. The van der Waals surface area contributed by atoms with E-state index in [-0.39, 0.29) is 18.0 Å². The summed E-state index contributed by atoms with van der Waals surface area (Å²) < 4.78 is 0. The molecule has 2 unspecified atom stereocenters. The van der Waals surface area contributed by atoms with Crippen LogP contribution in [0.3, 0.4) is 0 Å². The molecule has 1 rings (SSSR count). The molecule has 1 aliphatic carbocycles. The van der Waals surface area contributed by atoms with Crippen molar-refractivity contribution in [1.82, 2.24) is 10.6 Å². The van der Waals surface area contributed by atoms with Gasteiger partial charge < -0.3 is 15.7 Å². The van der Waals surface area contributed by atoms with Gasteiger partial charge in [0.2, 0.25) is 0 Å². The third-order valence-electron chi connectivity index (χ3n) is 3.62.